The number of carbonyl (C=O) groups excluding carboxylic acids is 3. The molecule has 0 aliphatic carbocycles. The molecule has 0 aromatic carbocycles. The smallest absolute Gasteiger partial charge is 0.327 e. The molecule has 0 aromatic heterocycles. The lowest BCUT2D eigenvalue weighted by Crippen LogP contribution is -2.59. The van der Waals surface area contributed by atoms with Crippen molar-refractivity contribution in [2.24, 2.45) is 5.73 Å². The Hall–Kier alpha value is -1.89. The molecule has 12 heteroatoms. The van der Waals surface area contributed by atoms with Gasteiger partial charge in [-0.2, -0.15) is 12.6 Å². The van der Waals surface area contributed by atoms with Crippen molar-refractivity contribution in [3.05, 3.63) is 0 Å². The number of aliphatic carboxylic acids is 1. The summed E-state index contributed by atoms with van der Waals surface area (Å²) in [6, 6.07) is -4.74. The van der Waals surface area contributed by atoms with Crippen LogP contribution in [0.3, 0.4) is 0 Å². The van der Waals surface area contributed by atoms with Crippen LogP contribution in [0, 0.1) is 0 Å². The fourth-order valence-corrected chi connectivity index (χ4v) is 2.88. The van der Waals surface area contributed by atoms with Crippen LogP contribution in [0.15, 0.2) is 0 Å². The molecule has 154 valence electrons. The maximum absolute atomic E-state index is 12.6. The molecule has 0 bridgehead atoms. The molecule has 5 atom stereocenters. The van der Waals surface area contributed by atoms with Crippen LogP contribution < -0.4 is 16.4 Å². The van der Waals surface area contributed by atoms with Crippen molar-refractivity contribution in [1.29, 1.82) is 0 Å². The number of hydrogen-bond acceptors (Lipinski definition) is 8. The number of likely N-dealkylation sites (tertiary alicyclic amines) is 1. The van der Waals surface area contributed by atoms with E-state index in [2.05, 4.69) is 23.3 Å². The van der Waals surface area contributed by atoms with E-state index in [0.717, 1.165) is 0 Å². The zero-order valence-electron chi connectivity index (χ0n) is 14.9. The predicted molar refractivity (Wildman–Crippen MR) is 96.8 cm³/mol. The summed E-state index contributed by atoms with van der Waals surface area (Å²) in [5, 5.41) is 32.4. The molecule has 1 heterocycles. The van der Waals surface area contributed by atoms with Gasteiger partial charge in [0.2, 0.25) is 17.7 Å². The fourth-order valence-electron chi connectivity index (χ4n) is 2.63. The molecule has 11 nitrogen and oxygen atoms in total. The van der Waals surface area contributed by atoms with Crippen LogP contribution in [-0.2, 0) is 19.2 Å². The molecule has 1 rings (SSSR count). The summed E-state index contributed by atoms with van der Waals surface area (Å²) in [4.78, 5) is 49.1. The van der Waals surface area contributed by atoms with Gasteiger partial charge in [-0.25, -0.2) is 4.79 Å². The van der Waals surface area contributed by atoms with Crippen molar-refractivity contribution in [2.45, 2.75) is 50.0 Å². The number of carboxylic acid groups (broad SMARTS) is 1. The SMILES string of the molecule is CC(O)C(N)C(=O)NC(CO)C(=O)N1CCCC1C(=O)NC(CS)C(=O)O. The van der Waals surface area contributed by atoms with Gasteiger partial charge >= 0.3 is 5.97 Å². The quantitative estimate of drug-likeness (QED) is 0.194. The number of aliphatic hydroxyl groups excluding tert-OH is 2. The average Bonchev–Trinajstić information content (AvgIpc) is 3.11. The molecule has 0 aromatic rings. The van der Waals surface area contributed by atoms with Crippen molar-refractivity contribution in [2.75, 3.05) is 18.9 Å². The van der Waals surface area contributed by atoms with Crippen molar-refractivity contribution >= 4 is 36.3 Å². The van der Waals surface area contributed by atoms with Crippen molar-refractivity contribution in [3.63, 3.8) is 0 Å². The molecule has 0 saturated carbocycles. The van der Waals surface area contributed by atoms with E-state index in [-0.39, 0.29) is 12.3 Å². The van der Waals surface area contributed by atoms with Gasteiger partial charge in [0.15, 0.2) is 0 Å². The summed E-state index contributed by atoms with van der Waals surface area (Å²) >= 11 is 3.87. The molecule has 0 spiro atoms. The van der Waals surface area contributed by atoms with E-state index in [9.17, 15) is 29.4 Å². The summed E-state index contributed by atoms with van der Waals surface area (Å²) in [7, 11) is 0. The number of nitrogens with zero attached hydrogens (tertiary/aromatic N) is 1. The normalized spacial score (nSPS) is 21.1. The summed E-state index contributed by atoms with van der Waals surface area (Å²) in [6.45, 7) is 0.794. The molecule has 3 amide bonds. The third kappa shape index (κ3) is 6.06. The number of amides is 3. The Labute approximate surface area is 161 Å². The number of carboxylic acids is 1. The molecule has 5 unspecified atom stereocenters. The second-order valence-electron chi connectivity index (χ2n) is 6.28. The van der Waals surface area contributed by atoms with Gasteiger partial charge in [0, 0.05) is 12.3 Å². The van der Waals surface area contributed by atoms with Crippen LogP contribution >= 0.6 is 12.6 Å². The molecule has 7 N–H and O–H groups in total. The minimum atomic E-state index is -1.34. The number of carbonyl (C=O) groups is 4. The number of thiol groups is 1. The highest BCUT2D eigenvalue weighted by Gasteiger charge is 2.39. The predicted octanol–water partition coefficient (Wildman–Crippen LogP) is -3.34. The van der Waals surface area contributed by atoms with Crippen LogP contribution in [-0.4, -0.2) is 93.1 Å². The third-order valence-electron chi connectivity index (χ3n) is 4.26. The highest BCUT2D eigenvalue weighted by Crippen LogP contribution is 2.19. The second-order valence-corrected chi connectivity index (χ2v) is 6.65. The Morgan fingerprint density at radius 2 is 1.89 bits per heavy atom. The Morgan fingerprint density at radius 1 is 1.26 bits per heavy atom. The third-order valence-corrected chi connectivity index (χ3v) is 4.62. The molecular formula is C15H26N4O7S. The van der Waals surface area contributed by atoms with E-state index in [0.29, 0.717) is 12.8 Å². The molecule has 0 radical (unpaired) electrons. The van der Waals surface area contributed by atoms with Crippen molar-refractivity contribution in [1.82, 2.24) is 15.5 Å². The van der Waals surface area contributed by atoms with Crippen molar-refractivity contribution < 1.29 is 34.5 Å². The van der Waals surface area contributed by atoms with Crippen LogP contribution in [0.4, 0.5) is 0 Å². The van der Waals surface area contributed by atoms with E-state index in [1.165, 1.54) is 11.8 Å². The van der Waals surface area contributed by atoms with Gasteiger partial charge in [-0.3, -0.25) is 14.4 Å². The maximum atomic E-state index is 12.6. The highest BCUT2D eigenvalue weighted by atomic mass is 32.1. The highest BCUT2D eigenvalue weighted by molar-refractivity contribution is 7.80. The first-order valence-electron chi connectivity index (χ1n) is 8.43. The minimum Gasteiger partial charge on any atom is -0.480 e. The maximum Gasteiger partial charge on any atom is 0.327 e. The zero-order chi connectivity index (χ0) is 20.7. The number of aliphatic hydroxyl groups is 2. The Morgan fingerprint density at radius 3 is 2.37 bits per heavy atom. The largest absolute Gasteiger partial charge is 0.480 e. The van der Waals surface area contributed by atoms with E-state index in [1.54, 1.807) is 0 Å². The fraction of sp³-hybridized carbons (Fsp3) is 0.733. The van der Waals surface area contributed by atoms with Gasteiger partial charge in [0.1, 0.15) is 24.2 Å². The van der Waals surface area contributed by atoms with Gasteiger partial charge in [-0.15, -0.1) is 0 Å². The van der Waals surface area contributed by atoms with E-state index in [1.807, 2.05) is 0 Å². The first-order valence-corrected chi connectivity index (χ1v) is 9.06. The van der Waals surface area contributed by atoms with Crippen LogP contribution in [0.1, 0.15) is 19.8 Å². The van der Waals surface area contributed by atoms with E-state index < -0.39 is 60.6 Å². The number of nitrogens with one attached hydrogen (secondary N) is 2. The van der Waals surface area contributed by atoms with Gasteiger partial charge in [0.05, 0.1) is 12.7 Å². The minimum absolute atomic E-state index is 0.117. The van der Waals surface area contributed by atoms with Gasteiger partial charge in [-0.1, -0.05) is 0 Å². The topological polar surface area (TPSA) is 182 Å². The monoisotopic (exact) mass is 406 g/mol. The Kier molecular flexibility index (Phi) is 8.96. The zero-order valence-corrected chi connectivity index (χ0v) is 15.8. The molecule has 1 aliphatic rings. The first kappa shape index (κ1) is 23.1. The molecular weight excluding hydrogens is 380 g/mol. The lowest BCUT2D eigenvalue weighted by Gasteiger charge is -2.29. The first-order chi connectivity index (χ1) is 12.6. The molecule has 1 aliphatic heterocycles. The van der Waals surface area contributed by atoms with Crippen LogP contribution in [0.5, 0.6) is 0 Å². The van der Waals surface area contributed by atoms with E-state index >= 15 is 0 Å². The molecule has 27 heavy (non-hydrogen) atoms. The number of hydrogen-bond donors (Lipinski definition) is 7. The second kappa shape index (κ2) is 10.4. The van der Waals surface area contributed by atoms with Gasteiger partial charge in [-0.05, 0) is 19.8 Å². The summed E-state index contributed by atoms with van der Waals surface area (Å²) < 4.78 is 0. The van der Waals surface area contributed by atoms with Crippen LogP contribution in [0.2, 0.25) is 0 Å². The Balaban J connectivity index is 2.82. The van der Waals surface area contributed by atoms with Gasteiger partial charge in [0.25, 0.3) is 0 Å². The molecule has 1 saturated heterocycles. The Bertz CT molecular complexity index is 574. The lowest BCUT2D eigenvalue weighted by atomic mass is 10.1. The number of nitrogens with two attached hydrogens (primary N) is 1. The average molecular weight is 406 g/mol. The van der Waals surface area contributed by atoms with Gasteiger partial charge < -0.3 is 36.6 Å². The summed E-state index contributed by atoms with van der Waals surface area (Å²) in [6.07, 6.45) is -0.337. The number of rotatable bonds is 9. The lowest BCUT2D eigenvalue weighted by molar-refractivity contribution is -0.145. The summed E-state index contributed by atoms with van der Waals surface area (Å²) in [5.74, 6) is -3.53. The van der Waals surface area contributed by atoms with Crippen molar-refractivity contribution in [3.8, 4) is 0 Å². The molecule has 1 fully saturated rings. The standard InChI is InChI=1S/C15H26N4O7S/c1-7(21)11(16)13(23)17-8(5-20)14(24)19-4-2-3-10(19)12(22)18-9(6-27)15(25)26/h7-11,20-21,27H,2-6,16H2,1H3,(H,17,23)(H,18,22)(H,25,26). The van der Waals surface area contributed by atoms with E-state index in [4.69, 9.17) is 10.8 Å². The summed E-state index contributed by atoms with van der Waals surface area (Å²) in [5.41, 5.74) is 5.50. The van der Waals surface area contributed by atoms with Crippen LogP contribution in [0.25, 0.3) is 0 Å².